The van der Waals surface area contributed by atoms with Crippen LogP contribution in [0.5, 0.6) is 0 Å². The molecule has 0 radical (unpaired) electrons. The molecule has 0 nitrogen and oxygen atoms in total. The van der Waals surface area contributed by atoms with Gasteiger partial charge in [-0.15, -0.1) is 0 Å². The van der Waals surface area contributed by atoms with Gasteiger partial charge < -0.3 is 0 Å². The van der Waals surface area contributed by atoms with Crippen LogP contribution in [0.1, 0.15) is 126 Å². The molecule has 0 heterocycles. The molecule has 4 bridgehead atoms. The fraction of sp³-hybridized carbons (Fsp3) is 0.818. The lowest BCUT2D eigenvalue weighted by Gasteiger charge is -2.60. The summed E-state index contributed by atoms with van der Waals surface area (Å²) < 4.78 is 0. The van der Waals surface area contributed by atoms with E-state index < -0.39 is 0 Å². The third-order valence-corrected chi connectivity index (χ3v) is 16.9. The molecule has 10 rings (SSSR count). The first-order chi connectivity index (χ1) is 20.8. The van der Waals surface area contributed by atoms with Crippen molar-refractivity contribution in [1.29, 1.82) is 0 Å². The van der Waals surface area contributed by atoms with Gasteiger partial charge in [0.1, 0.15) is 0 Å². The molecule has 0 amide bonds. The van der Waals surface area contributed by atoms with E-state index in [9.17, 15) is 0 Å². The zero-order valence-corrected chi connectivity index (χ0v) is 29.5. The smallest absolute Gasteiger partial charge is 0.00952 e. The molecule has 10 aliphatic carbocycles. The summed E-state index contributed by atoms with van der Waals surface area (Å²) in [6.07, 6.45) is 35.2. The molecule has 0 saturated heterocycles. The van der Waals surface area contributed by atoms with Gasteiger partial charge in [0, 0.05) is 0 Å². The minimum absolute atomic E-state index is 0.228. The van der Waals surface area contributed by atoms with Gasteiger partial charge in [-0.05, 0) is 174 Å². The van der Waals surface area contributed by atoms with E-state index in [0.29, 0.717) is 29.1 Å². The highest BCUT2D eigenvalue weighted by Gasteiger charge is 2.69. The highest BCUT2D eigenvalue weighted by Crippen LogP contribution is 2.76. The average molecular weight is 593 g/mol. The highest BCUT2D eigenvalue weighted by atomic mass is 14.7. The molecule has 8 fully saturated rings. The Hall–Kier alpha value is -1.04. The van der Waals surface area contributed by atoms with Crippen LogP contribution in [0.25, 0.3) is 0 Å². The quantitative estimate of drug-likeness (QED) is 0.299. The number of rotatable bonds is 2. The van der Waals surface area contributed by atoms with Crippen LogP contribution in [-0.4, -0.2) is 0 Å². The first-order valence-electron chi connectivity index (χ1n) is 19.7. The van der Waals surface area contributed by atoms with E-state index in [1.54, 1.807) is 68.9 Å². The molecule has 0 N–H and O–H groups in total. The van der Waals surface area contributed by atoms with Crippen molar-refractivity contribution in [2.45, 2.75) is 126 Å². The predicted molar refractivity (Wildman–Crippen MR) is 185 cm³/mol. The van der Waals surface area contributed by atoms with Crippen LogP contribution in [0.4, 0.5) is 0 Å². The molecule has 0 heteroatoms. The van der Waals surface area contributed by atoms with Crippen molar-refractivity contribution in [2.24, 2.45) is 98.6 Å². The van der Waals surface area contributed by atoms with Crippen LogP contribution in [0.15, 0.2) is 47.6 Å². The molecular formula is C44H64. The van der Waals surface area contributed by atoms with Crippen molar-refractivity contribution >= 4 is 0 Å². The Balaban J connectivity index is 1.14. The van der Waals surface area contributed by atoms with Gasteiger partial charge in [0.25, 0.3) is 0 Å². The largest absolute Gasteiger partial charge is 0.0799 e. The van der Waals surface area contributed by atoms with Gasteiger partial charge in [-0.3, -0.25) is 0 Å². The lowest BCUT2D eigenvalue weighted by molar-refractivity contribution is -0.0927. The molecule has 0 spiro atoms. The van der Waals surface area contributed by atoms with Crippen molar-refractivity contribution in [3.63, 3.8) is 0 Å². The number of hydrogen-bond donors (Lipinski definition) is 0. The van der Waals surface area contributed by atoms with Gasteiger partial charge in [0.05, 0.1) is 0 Å². The SMILES string of the molecule is CC(C)(C)C1=CC2C(C=C1)C1C=CC(C(C)(C)C)=CC1C2C1(C)C2CCCCC2C2CC(C34CC5CC(CC(C5)C3)C4)CC21. The molecule has 10 unspecified atom stereocenters. The summed E-state index contributed by atoms with van der Waals surface area (Å²) in [5.41, 5.74) is 4.90. The van der Waals surface area contributed by atoms with E-state index in [1.165, 1.54) is 19.3 Å². The van der Waals surface area contributed by atoms with E-state index in [1.807, 2.05) is 0 Å². The summed E-state index contributed by atoms with van der Waals surface area (Å²) in [6.45, 7) is 17.7. The Labute approximate surface area is 271 Å². The second-order valence-corrected chi connectivity index (χ2v) is 20.9. The Morgan fingerprint density at radius 2 is 1.11 bits per heavy atom. The average Bonchev–Trinajstić information content (AvgIpc) is 3.61. The Morgan fingerprint density at radius 1 is 0.591 bits per heavy atom. The van der Waals surface area contributed by atoms with Crippen molar-refractivity contribution in [3.8, 4) is 0 Å². The first kappa shape index (κ1) is 29.1. The molecule has 0 aliphatic heterocycles. The van der Waals surface area contributed by atoms with Gasteiger partial charge in [-0.2, -0.15) is 0 Å². The fourth-order valence-corrected chi connectivity index (χ4v) is 15.6. The summed E-state index contributed by atoms with van der Waals surface area (Å²) in [5, 5.41) is 0. The molecule has 10 atom stereocenters. The monoisotopic (exact) mass is 593 g/mol. The van der Waals surface area contributed by atoms with Gasteiger partial charge in [-0.1, -0.05) is 97.8 Å². The fourth-order valence-electron chi connectivity index (χ4n) is 15.6. The number of fused-ring (bicyclic) bond motifs is 6. The lowest BCUT2D eigenvalue weighted by Crippen LogP contribution is -2.50. The van der Waals surface area contributed by atoms with E-state index in [-0.39, 0.29) is 10.8 Å². The maximum atomic E-state index is 2.94. The highest BCUT2D eigenvalue weighted by molar-refractivity contribution is 5.40. The third kappa shape index (κ3) is 4.06. The van der Waals surface area contributed by atoms with Gasteiger partial charge in [-0.25, -0.2) is 0 Å². The number of allylic oxidation sites excluding steroid dienone is 8. The second kappa shape index (κ2) is 9.53. The summed E-state index contributed by atoms with van der Waals surface area (Å²) >= 11 is 0. The van der Waals surface area contributed by atoms with Crippen LogP contribution in [-0.2, 0) is 0 Å². The molecule has 8 saturated carbocycles. The molecule has 240 valence electrons. The molecular weight excluding hydrogens is 528 g/mol. The van der Waals surface area contributed by atoms with Crippen LogP contribution >= 0.6 is 0 Å². The summed E-state index contributed by atoms with van der Waals surface area (Å²) in [4.78, 5) is 0. The lowest BCUT2D eigenvalue weighted by atomic mass is 9.45. The molecule has 44 heavy (non-hydrogen) atoms. The van der Waals surface area contributed by atoms with Gasteiger partial charge in [0.2, 0.25) is 0 Å². The van der Waals surface area contributed by atoms with Gasteiger partial charge in [0.15, 0.2) is 0 Å². The molecule has 10 aliphatic rings. The topological polar surface area (TPSA) is 0 Å². The summed E-state index contributed by atoms with van der Waals surface area (Å²) in [6, 6.07) is 0. The maximum absolute atomic E-state index is 2.94. The minimum Gasteiger partial charge on any atom is -0.0799 e. The maximum Gasteiger partial charge on any atom is -0.00952 e. The van der Waals surface area contributed by atoms with Crippen molar-refractivity contribution in [3.05, 3.63) is 47.6 Å². The standard InChI is InChI=1S/C44H64/c1-41(2,3)29-12-14-32-33-15-13-30(42(4,5)6)20-37(33)40(36(32)19-29)43(7)38-11-9-8-10-34(38)35-21-31(22-39(35)43)44-23-26-16-27(24-44)18-28(17-26)25-44/h12-15,19-20,26-28,31-40H,8-11,16-18,21-25H2,1-7H3. The summed E-state index contributed by atoms with van der Waals surface area (Å²) in [7, 11) is 0. The summed E-state index contributed by atoms with van der Waals surface area (Å²) in [5.74, 6) is 11.9. The molecule has 0 aromatic rings. The van der Waals surface area contributed by atoms with E-state index >= 15 is 0 Å². The first-order valence-corrected chi connectivity index (χ1v) is 19.7. The normalized spacial score (nSPS) is 53.7. The van der Waals surface area contributed by atoms with E-state index in [2.05, 4.69) is 84.9 Å². The van der Waals surface area contributed by atoms with Crippen LogP contribution in [0.2, 0.25) is 0 Å². The van der Waals surface area contributed by atoms with Crippen LogP contribution in [0.3, 0.4) is 0 Å². The van der Waals surface area contributed by atoms with Gasteiger partial charge >= 0.3 is 0 Å². The second-order valence-electron chi connectivity index (χ2n) is 20.9. The Bertz CT molecular complexity index is 1210. The van der Waals surface area contributed by atoms with Crippen LogP contribution < -0.4 is 0 Å². The van der Waals surface area contributed by atoms with Crippen LogP contribution in [0, 0.1) is 98.6 Å². The van der Waals surface area contributed by atoms with Crippen molar-refractivity contribution in [2.75, 3.05) is 0 Å². The number of hydrogen-bond acceptors (Lipinski definition) is 0. The Kier molecular flexibility index (Phi) is 6.31. The zero-order valence-electron chi connectivity index (χ0n) is 29.5. The van der Waals surface area contributed by atoms with E-state index in [4.69, 9.17) is 0 Å². The van der Waals surface area contributed by atoms with E-state index in [0.717, 1.165) is 58.7 Å². The predicted octanol–water partition coefficient (Wildman–Crippen LogP) is 11.9. The zero-order chi connectivity index (χ0) is 30.4. The minimum atomic E-state index is 0.228. The molecule has 0 aromatic carbocycles. The van der Waals surface area contributed by atoms with Crippen molar-refractivity contribution < 1.29 is 0 Å². The molecule has 0 aromatic heterocycles. The Morgan fingerprint density at radius 3 is 1.64 bits per heavy atom. The third-order valence-electron chi connectivity index (χ3n) is 16.9. The van der Waals surface area contributed by atoms with Crippen molar-refractivity contribution in [1.82, 2.24) is 0 Å².